The van der Waals surface area contributed by atoms with E-state index >= 15 is 0 Å². The number of aromatic nitrogens is 1. The molecule has 2 heterocycles. The maximum Gasteiger partial charge on any atom is 0.318 e. The molecular formula is C23H31N5O3. The van der Waals surface area contributed by atoms with Gasteiger partial charge < -0.3 is 19.5 Å². The largest absolute Gasteiger partial charge is 0.496 e. The number of para-hydroxylation sites is 1. The molecular weight excluding hydrogens is 394 g/mol. The molecule has 1 unspecified atom stereocenters. The van der Waals surface area contributed by atoms with Crippen LogP contribution >= 0.6 is 0 Å². The highest BCUT2D eigenvalue weighted by Crippen LogP contribution is 2.37. The first-order valence-electron chi connectivity index (χ1n) is 10.3. The number of hydrogen-bond acceptors (Lipinski definition) is 4. The molecule has 8 nitrogen and oxygen atoms in total. The molecule has 1 atom stereocenters. The van der Waals surface area contributed by atoms with Crippen molar-refractivity contribution in [3.8, 4) is 5.75 Å². The molecule has 2 aromatic rings. The number of ether oxygens (including phenoxy) is 1. The summed E-state index contributed by atoms with van der Waals surface area (Å²) in [6.07, 6.45) is 2.51. The molecule has 8 heteroatoms. The number of nitrogens with one attached hydrogen (secondary N) is 1. The van der Waals surface area contributed by atoms with Crippen LogP contribution in [0.4, 0.5) is 4.79 Å². The minimum atomic E-state index is -0.389. The SMILES string of the molecule is COc1ccccc1C1CC(c2cccn2C)=NN1C(=O)CN(C)C(=O)NC(C)(C)C. The van der Waals surface area contributed by atoms with Gasteiger partial charge in [-0.05, 0) is 39.0 Å². The molecule has 0 saturated heterocycles. The highest BCUT2D eigenvalue weighted by molar-refractivity contribution is 6.02. The standard InChI is InChI=1S/C23H31N5O3/c1-23(2,3)24-22(30)27(5)15-21(29)28-19(16-10-7-8-12-20(16)31-6)14-17(25-28)18-11-9-13-26(18)4/h7-13,19H,14-15H2,1-6H3,(H,24,30). The summed E-state index contributed by atoms with van der Waals surface area (Å²) in [7, 11) is 5.17. The Hall–Kier alpha value is -3.29. The van der Waals surface area contributed by atoms with Gasteiger partial charge in [0.15, 0.2) is 0 Å². The second-order valence-corrected chi connectivity index (χ2v) is 8.79. The lowest BCUT2D eigenvalue weighted by atomic mass is 9.99. The molecule has 1 aliphatic rings. The highest BCUT2D eigenvalue weighted by atomic mass is 16.5. The van der Waals surface area contributed by atoms with Gasteiger partial charge in [-0.1, -0.05) is 18.2 Å². The van der Waals surface area contributed by atoms with Crippen LogP contribution < -0.4 is 10.1 Å². The van der Waals surface area contributed by atoms with E-state index < -0.39 is 0 Å². The topological polar surface area (TPSA) is 79.2 Å². The van der Waals surface area contributed by atoms with Crippen molar-refractivity contribution in [3.63, 3.8) is 0 Å². The van der Waals surface area contributed by atoms with Crippen molar-refractivity contribution >= 4 is 17.6 Å². The number of benzene rings is 1. The first-order valence-corrected chi connectivity index (χ1v) is 10.3. The van der Waals surface area contributed by atoms with Crippen LogP contribution in [0.3, 0.4) is 0 Å². The van der Waals surface area contributed by atoms with Crippen LogP contribution in [-0.4, -0.2) is 58.4 Å². The molecule has 0 aliphatic carbocycles. The third-order valence-electron chi connectivity index (χ3n) is 5.10. The minimum absolute atomic E-state index is 0.0858. The summed E-state index contributed by atoms with van der Waals surface area (Å²) in [6, 6.07) is 11.0. The third kappa shape index (κ3) is 5.07. The van der Waals surface area contributed by atoms with Gasteiger partial charge in [-0.2, -0.15) is 5.10 Å². The highest BCUT2D eigenvalue weighted by Gasteiger charge is 2.36. The predicted octanol–water partition coefficient (Wildman–Crippen LogP) is 3.15. The zero-order valence-corrected chi connectivity index (χ0v) is 19.0. The van der Waals surface area contributed by atoms with Gasteiger partial charge in [-0.15, -0.1) is 0 Å². The molecule has 31 heavy (non-hydrogen) atoms. The van der Waals surface area contributed by atoms with Crippen LogP contribution in [0.2, 0.25) is 0 Å². The van der Waals surface area contributed by atoms with Crippen LogP contribution in [0.1, 0.15) is 44.5 Å². The molecule has 0 radical (unpaired) electrons. The van der Waals surface area contributed by atoms with E-state index in [1.54, 1.807) is 14.2 Å². The molecule has 166 valence electrons. The van der Waals surface area contributed by atoms with Crippen molar-refractivity contribution < 1.29 is 14.3 Å². The van der Waals surface area contributed by atoms with Gasteiger partial charge >= 0.3 is 6.03 Å². The lowest BCUT2D eigenvalue weighted by molar-refractivity contribution is -0.133. The fourth-order valence-corrected chi connectivity index (χ4v) is 3.60. The number of methoxy groups -OCH3 is 1. The van der Waals surface area contributed by atoms with Crippen molar-refractivity contribution in [3.05, 3.63) is 53.9 Å². The third-order valence-corrected chi connectivity index (χ3v) is 5.10. The molecule has 3 rings (SSSR count). The summed E-state index contributed by atoms with van der Waals surface area (Å²) in [5.41, 5.74) is 2.26. The summed E-state index contributed by atoms with van der Waals surface area (Å²) < 4.78 is 7.52. The van der Waals surface area contributed by atoms with E-state index in [1.807, 2.05) is 75.0 Å². The minimum Gasteiger partial charge on any atom is -0.496 e. The Balaban J connectivity index is 1.88. The Morgan fingerprint density at radius 2 is 1.94 bits per heavy atom. The van der Waals surface area contributed by atoms with E-state index in [9.17, 15) is 9.59 Å². The lowest BCUT2D eigenvalue weighted by Gasteiger charge is -2.28. The van der Waals surface area contributed by atoms with E-state index in [0.29, 0.717) is 12.2 Å². The first kappa shape index (κ1) is 22.4. The molecule has 0 saturated carbocycles. The summed E-state index contributed by atoms with van der Waals surface area (Å²) in [6.45, 7) is 5.61. The maximum absolute atomic E-state index is 13.3. The van der Waals surface area contributed by atoms with Crippen molar-refractivity contribution in [2.45, 2.75) is 38.8 Å². The summed E-state index contributed by atoms with van der Waals surface area (Å²) in [5, 5.41) is 9.04. The molecule has 1 N–H and O–H groups in total. The van der Waals surface area contributed by atoms with Crippen molar-refractivity contribution in [2.24, 2.45) is 12.1 Å². The zero-order valence-electron chi connectivity index (χ0n) is 19.0. The lowest BCUT2D eigenvalue weighted by Crippen LogP contribution is -2.49. The van der Waals surface area contributed by atoms with Gasteiger partial charge in [0.05, 0.1) is 24.6 Å². The number of amides is 3. The number of aryl methyl sites for hydroxylation is 1. The van der Waals surface area contributed by atoms with E-state index in [0.717, 1.165) is 17.0 Å². The fourth-order valence-electron chi connectivity index (χ4n) is 3.60. The number of urea groups is 1. The van der Waals surface area contributed by atoms with Gasteiger partial charge in [0, 0.05) is 37.8 Å². The van der Waals surface area contributed by atoms with E-state index in [2.05, 4.69) is 10.4 Å². The summed E-state index contributed by atoms with van der Waals surface area (Å²) in [4.78, 5) is 27.1. The second-order valence-electron chi connectivity index (χ2n) is 8.79. The second kappa shape index (κ2) is 8.83. The Labute approximate surface area is 183 Å². The van der Waals surface area contributed by atoms with E-state index in [-0.39, 0.29) is 30.1 Å². The molecule has 3 amide bonds. The number of carbonyl (C=O) groups excluding carboxylic acids is 2. The summed E-state index contributed by atoms with van der Waals surface area (Å²) in [5.74, 6) is 0.444. The average molecular weight is 426 g/mol. The van der Waals surface area contributed by atoms with Crippen LogP contribution in [0.5, 0.6) is 5.75 Å². The van der Waals surface area contributed by atoms with Crippen LogP contribution in [0, 0.1) is 0 Å². The van der Waals surface area contributed by atoms with Crippen LogP contribution in [-0.2, 0) is 11.8 Å². The molecule has 1 aliphatic heterocycles. The van der Waals surface area contributed by atoms with Gasteiger partial charge in [-0.3, -0.25) is 4.79 Å². The maximum atomic E-state index is 13.3. The quantitative estimate of drug-likeness (QED) is 0.799. The molecule has 0 fully saturated rings. The van der Waals surface area contributed by atoms with Gasteiger partial charge in [0.2, 0.25) is 0 Å². The smallest absolute Gasteiger partial charge is 0.318 e. The fraction of sp³-hybridized carbons (Fsp3) is 0.435. The van der Waals surface area contributed by atoms with Crippen molar-refractivity contribution in [2.75, 3.05) is 20.7 Å². The Morgan fingerprint density at radius 1 is 1.23 bits per heavy atom. The zero-order chi connectivity index (χ0) is 22.8. The van der Waals surface area contributed by atoms with Crippen LogP contribution in [0.25, 0.3) is 0 Å². The number of likely N-dealkylation sites (N-methyl/N-ethyl adjacent to an activating group) is 1. The number of hydrogen-bond donors (Lipinski definition) is 1. The van der Waals surface area contributed by atoms with Gasteiger partial charge in [0.1, 0.15) is 12.3 Å². The summed E-state index contributed by atoms with van der Waals surface area (Å²) >= 11 is 0. The van der Waals surface area contributed by atoms with Gasteiger partial charge in [0.25, 0.3) is 5.91 Å². The van der Waals surface area contributed by atoms with Crippen molar-refractivity contribution in [1.29, 1.82) is 0 Å². The van der Waals surface area contributed by atoms with E-state index in [4.69, 9.17) is 4.74 Å². The normalized spacial score (nSPS) is 16.1. The molecule has 1 aromatic carbocycles. The number of hydrazone groups is 1. The number of rotatable bonds is 5. The Kier molecular flexibility index (Phi) is 6.38. The molecule has 0 spiro atoms. The van der Waals surface area contributed by atoms with Crippen LogP contribution in [0.15, 0.2) is 47.7 Å². The predicted molar refractivity (Wildman–Crippen MR) is 120 cm³/mol. The van der Waals surface area contributed by atoms with E-state index in [1.165, 1.54) is 9.91 Å². The monoisotopic (exact) mass is 425 g/mol. The first-order chi connectivity index (χ1) is 14.6. The Morgan fingerprint density at radius 3 is 2.55 bits per heavy atom. The average Bonchev–Trinajstić information content (AvgIpc) is 3.32. The molecule has 1 aromatic heterocycles. The van der Waals surface area contributed by atoms with Crippen molar-refractivity contribution in [1.82, 2.24) is 19.8 Å². The molecule has 0 bridgehead atoms. The number of carbonyl (C=O) groups is 2. The number of nitrogens with zero attached hydrogens (tertiary/aromatic N) is 4. The van der Waals surface area contributed by atoms with Gasteiger partial charge in [-0.25, -0.2) is 9.80 Å². The Bertz CT molecular complexity index is 989.